The standard InChI is InChI=1S/C23H28O2/c1-17(2)20-11-6-18(7-12-20)10-15-22(24)25-16-19-8-13-21(14-9-19)23(3,4)5/h6-15,17H,16H2,1-5H3/b15-10+. The number of rotatable bonds is 5. The average Bonchev–Trinajstić information content (AvgIpc) is 2.58. The highest BCUT2D eigenvalue weighted by Gasteiger charge is 2.12. The minimum Gasteiger partial charge on any atom is -0.458 e. The average molecular weight is 336 g/mol. The molecule has 0 spiro atoms. The molecule has 0 aliphatic rings. The molecule has 0 amide bonds. The van der Waals surface area contributed by atoms with Gasteiger partial charge in [-0.05, 0) is 39.7 Å². The van der Waals surface area contributed by atoms with E-state index in [1.807, 2.05) is 24.3 Å². The van der Waals surface area contributed by atoms with E-state index in [9.17, 15) is 4.79 Å². The molecule has 0 heterocycles. The molecule has 0 aliphatic heterocycles. The predicted molar refractivity (Wildman–Crippen MR) is 105 cm³/mol. The minimum absolute atomic E-state index is 0.128. The van der Waals surface area contributed by atoms with Gasteiger partial charge in [0.2, 0.25) is 0 Å². The van der Waals surface area contributed by atoms with Crippen LogP contribution in [-0.2, 0) is 21.6 Å². The lowest BCUT2D eigenvalue weighted by Crippen LogP contribution is -2.10. The van der Waals surface area contributed by atoms with Crippen LogP contribution < -0.4 is 0 Å². The molecule has 2 rings (SSSR count). The molecular formula is C23H28O2. The Morgan fingerprint density at radius 2 is 1.60 bits per heavy atom. The fourth-order valence-electron chi connectivity index (χ4n) is 2.46. The monoisotopic (exact) mass is 336 g/mol. The zero-order chi connectivity index (χ0) is 18.4. The Bertz CT molecular complexity index is 714. The van der Waals surface area contributed by atoms with E-state index in [-0.39, 0.29) is 11.4 Å². The van der Waals surface area contributed by atoms with Crippen molar-refractivity contribution in [1.82, 2.24) is 0 Å². The smallest absolute Gasteiger partial charge is 0.331 e. The van der Waals surface area contributed by atoms with Gasteiger partial charge >= 0.3 is 5.97 Å². The summed E-state index contributed by atoms with van der Waals surface area (Å²) in [4.78, 5) is 11.9. The molecule has 0 N–H and O–H groups in total. The van der Waals surface area contributed by atoms with Crippen molar-refractivity contribution in [1.29, 1.82) is 0 Å². The number of carbonyl (C=O) groups excluding carboxylic acids is 1. The first kappa shape index (κ1) is 19.0. The molecule has 2 aromatic rings. The van der Waals surface area contributed by atoms with Gasteiger partial charge in [0.15, 0.2) is 0 Å². The van der Waals surface area contributed by atoms with Gasteiger partial charge in [0, 0.05) is 6.08 Å². The van der Waals surface area contributed by atoms with Crippen LogP contribution in [0, 0.1) is 0 Å². The molecule has 132 valence electrons. The number of carbonyl (C=O) groups is 1. The van der Waals surface area contributed by atoms with Crippen LogP contribution in [0.25, 0.3) is 6.08 Å². The second-order valence-corrected chi connectivity index (χ2v) is 7.71. The van der Waals surface area contributed by atoms with Gasteiger partial charge in [-0.15, -0.1) is 0 Å². The molecule has 25 heavy (non-hydrogen) atoms. The molecule has 0 aliphatic carbocycles. The second kappa shape index (κ2) is 8.15. The van der Waals surface area contributed by atoms with E-state index in [0.717, 1.165) is 11.1 Å². The van der Waals surface area contributed by atoms with Crippen LogP contribution in [0.5, 0.6) is 0 Å². The normalized spacial score (nSPS) is 11.9. The van der Waals surface area contributed by atoms with Crippen LogP contribution in [0.15, 0.2) is 54.6 Å². The maximum absolute atomic E-state index is 11.9. The van der Waals surface area contributed by atoms with E-state index in [2.05, 4.69) is 58.9 Å². The fraction of sp³-hybridized carbons (Fsp3) is 0.348. The predicted octanol–water partition coefficient (Wildman–Crippen LogP) is 5.86. The van der Waals surface area contributed by atoms with Gasteiger partial charge in [-0.25, -0.2) is 4.79 Å². The van der Waals surface area contributed by atoms with Crippen LogP contribution in [0.3, 0.4) is 0 Å². The lowest BCUT2D eigenvalue weighted by Gasteiger charge is -2.19. The molecule has 0 saturated carbocycles. The van der Waals surface area contributed by atoms with Gasteiger partial charge in [-0.3, -0.25) is 0 Å². The first-order valence-corrected chi connectivity index (χ1v) is 8.80. The van der Waals surface area contributed by atoms with Crippen molar-refractivity contribution in [3.63, 3.8) is 0 Å². The molecule has 0 radical (unpaired) electrons. The quantitative estimate of drug-likeness (QED) is 0.504. The van der Waals surface area contributed by atoms with Crippen molar-refractivity contribution >= 4 is 12.0 Å². The molecule has 0 aromatic heterocycles. The molecular weight excluding hydrogens is 308 g/mol. The lowest BCUT2D eigenvalue weighted by molar-refractivity contribution is -0.138. The number of hydrogen-bond acceptors (Lipinski definition) is 2. The van der Waals surface area contributed by atoms with Gasteiger partial charge < -0.3 is 4.74 Å². The highest BCUT2D eigenvalue weighted by atomic mass is 16.5. The topological polar surface area (TPSA) is 26.3 Å². The number of benzene rings is 2. The van der Waals surface area contributed by atoms with Crippen LogP contribution in [0.4, 0.5) is 0 Å². The van der Waals surface area contributed by atoms with Gasteiger partial charge in [0.05, 0.1) is 0 Å². The van der Waals surface area contributed by atoms with Crippen molar-refractivity contribution in [2.24, 2.45) is 0 Å². The molecule has 0 unspecified atom stereocenters. The summed E-state index contributed by atoms with van der Waals surface area (Å²) in [6.07, 6.45) is 3.27. The summed E-state index contributed by atoms with van der Waals surface area (Å²) in [6, 6.07) is 16.4. The summed E-state index contributed by atoms with van der Waals surface area (Å²) in [5.74, 6) is 0.181. The molecule has 2 aromatic carbocycles. The molecule has 2 heteroatoms. The van der Waals surface area contributed by atoms with Crippen LogP contribution in [0.2, 0.25) is 0 Å². The van der Waals surface area contributed by atoms with Crippen LogP contribution in [0.1, 0.15) is 62.8 Å². The number of esters is 1. The largest absolute Gasteiger partial charge is 0.458 e. The molecule has 0 atom stereocenters. The minimum atomic E-state index is -0.326. The van der Waals surface area contributed by atoms with E-state index in [1.54, 1.807) is 6.08 Å². The Kier molecular flexibility index (Phi) is 6.19. The Morgan fingerprint density at radius 1 is 1.00 bits per heavy atom. The maximum atomic E-state index is 11.9. The van der Waals surface area contributed by atoms with Crippen LogP contribution in [-0.4, -0.2) is 5.97 Å². The third-order valence-corrected chi connectivity index (χ3v) is 4.22. The Hall–Kier alpha value is -2.35. The third kappa shape index (κ3) is 5.90. The summed E-state index contributed by atoms with van der Waals surface area (Å²) in [5, 5.41) is 0. The second-order valence-electron chi connectivity index (χ2n) is 7.71. The SMILES string of the molecule is CC(C)c1ccc(/C=C/C(=O)OCc2ccc(C(C)(C)C)cc2)cc1. The summed E-state index contributed by atoms with van der Waals surface area (Å²) >= 11 is 0. The summed E-state index contributed by atoms with van der Waals surface area (Å²) in [7, 11) is 0. The van der Waals surface area contributed by atoms with Gasteiger partial charge in [-0.2, -0.15) is 0 Å². The highest BCUT2D eigenvalue weighted by Crippen LogP contribution is 2.22. The van der Waals surface area contributed by atoms with Crippen molar-refractivity contribution in [3.05, 3.63) is 76.9 Å². The van der Waals surface area contributed by atoms with E-state index in [4.69, 9.17) is 4.74 Å². The molecule has 0 fully saturated rings. The summed E-state index contributed by atoms with van der Waals surface area (Å²) < 4.78 is 5.31. The Labute approximate surface area is 151 Å². The molecule has 0 bridgehead atoms. The van der Waals surface area contributed by atoms with Gasteiger partial charge in [0.1, 0.15) is 6.61 Å². The highest BCUT2D eigenvalue weighted by molar-refractivity contribution is 5.87. The third-order valence-electron chi connectivity index (χ3n) is 4.22. The van der Waals surface area contributed by atoms with Gasteiger partial charge in [0.25, 0.3) is 0 Å². The van der Waals surface area contributed by atoms with Crippen LogP contribution >= 0.6 is 0 Å². The Morgan fingerprint density at radius 3 is 2.12 bits per heavy atom. The Balaban J connectivity index is 1.87. The fourth-order valence-corrected chi connectivity index (χ4v) is 2.46. The number of ether oxygens (including phenoxy) is 1. The van der Waals surface area contributed by atoms with E-state index in [1.165, 1.54) is 17.2 Å². The van der Waals surface area contributed by atoms with Gasteiger partial charge in [-0.1, -0.05) is 83.1 Å². The summed E-state index contributed by atoms with van der Waals surface area (Å²) in [6.45, 7) is 11.2. The van der Waals surface area contributed by atoms with Crippen molar-refractivity contribution in [2.75, 3.05) is 0 Å². The van der Waals surface area contributed by atoms with E-state index >= 15 is 0 Å². The number of hydrogen-bond donors (Lipinski definition) is 0. The zero-order valence-electron chi connectivity index (χ0n) is 15.9. The lowest BCUT2D eigenvalue weighted by atomic mass is 9.87. The van der Waals surface area contributed by atoms with E-state index < -0.39 is 0 Å². The van der Waals surface area contributed by atoms with Crippen molar-refractivity contribution < 1.29 is 9.53 Å². The summed E-state index contributed by atoms with van der Waals surface area (Å²) in [5.41, 5.74) is 4.68. The maximum Gasteiger partial charge on any atom is 0.331 e. The van der Waals surface area contributed by atoms with Crippen molar-refractivity contribution in [2.45, 2.75) is 52.6 Å². The molecule has 2 nitrogen and oxygen atoms in total. The zero-order valence-corrected chi connectivity index (χ0v) is 15.9. The first-order valence-electron chi connectivity index (χ1n) is 8.80. The van der Waals surface area contributed by atoms with E-state index in [0.29, 0.717) is 12.5 Å². The molecule has 0 saturated heterocycles. The van der Waals surface area contributed by atoms with Crippen molar-refractivity contribution in [3.8, 4) is 0 Å². The first-order chi connectivity index (χ1) is 11.8.